The molecule has 0 aromatic carbocycles. The van der Waals surface area contributed by atoms with E-state index in [9.17, 15) is 0 Å². The Morgan fingerprint density at radius 2 is 2.20 bits per heavy atom. The van der Waals surface area contributed by atoms with Gasteiger partial charge in [0, 0.05) is 18.7 Å². The Morgan fingerprint density at radius 1 is 1.35 bits per heavy atom. The first kappa shape index (κ1) is 12.5. The molecular weight excluding hydrogens is 258 g/mol. The van der Waals surface area contributed by atoms with E-state index in [1.165, 1.54) is 6.33 Å². The van der Waals surface area contributed by atoms with E-state index >= 15 is 0 Å². The SMILES string of the molecule is CCC(Nc1cc(C)nc2ncnn12)c1noc(C)n1. The molecule has 3 aromatic heterocycles. The fraction of sp³-hybridized carbons (Fsp3) is 0.417. The van der Waals surface area contributed by atoms with E-state index in [0.29, 0.717) is 17.5 Å². The van der Waals surface area contributed by atoms with Crippen LogP contribution in [0.1, 0.15) is 36.8 Å². The third-order valence-corrected chi connectivity index (χ3v) is 2.97. The van der Waals surface area contributed by atoms with Gasteiger partial charge in [-0.3, -0.25) is 0 Å². The van der Waals surface area contributed by atoms with Gasteiger partial charge in [0.05, 0.1) is 6.04 Å². The van der Waals surface area contributed by atoms with Crippen LogP contribution in [0.5, 0.6) is 0 Å². The second kappa shape index (κ2) is 4.87. The summed E-state index contributed by atoms with van der Waals surface area (Å²) >= 11 is 0. The maximum atomic E-state index is 5.03. The van der Waals surface area contributed by atoms with Crippen LogP contribution in [0.25, 0.3) is 5.78 Å². The Morgan fingerprint density at radius 3 is 2.90 bits per heavy atom. The summed E-state index contributed by atoms with van der Waals surface area (Å²) in [5.74, 6) is 2.55. The average Bonchev–Trinajstić information content (AvgIpc) is 3.04. The number of nitrogens with zero attached hydrogens (tertiary/aromatic N) is 6. The van der Waals surface area contributed by atoms with Gasteiger partial charge >= 0.3 is 0 Å². The van der Waals surface area contributed by atoms with E-state index in [2.05, 4.69) is 37.4 Å². The molecule has 0 amide bonds. The van der Waals surface area contributed by atoms with Gasteiger partial charge in [-0.15, -0.1) is 0 Å². The number of aromatic nitrogens is 6. The standard InChI is InChI=1S/C12H15N7O/c1-4-9(11-16-8(3)20-18-11)17-10-5-7(2)15-12-13-6-14-19(10)12/h5-6,9,17H,4H2,1-3H3. The second-order valence-electron chi connectivity index (χ2n) is 4.53. The van der Waals surface area contributed by atoms with Crippen molar-refractivity contribution in [2.45, 2.75) is 33.2 Å². The maximum absolute atomic E-state index is 5.03. The monoisotopic (exact) mass is 273 g/mol. The minimum atomic E-state index is -0.0540. The predicted molar refractivity (Wildman–Crippen MR) is 71.2 cm³/mol. The molecule has 0 aliphatic rings. The lowest BCUT2D eigenvalue weighted by Crippen LogP contribution is -2.15. The normalized spacial score (nSPS) is 12.8. The van der Waals surface area contributed by atoms with Crippen LogP contribution in [0.3, 0.4) is 0 Å². The van der Waals surface area contributed by atoms with Gasteiger partial charge in [-0.25, -0.2) is 4.98 Å². The first-order valence-electron chi connectivity index (χ1n) is 6.41. The van der Waals surface area contributed by atoms with Gasteiger partial charge in [-0.1, -0.05) is 12.1 Å². The smallest absolute Gasteiger partial charge is 0.254 e. The van der Waals surface area contributed by atoms with E-state index in [1.54, 1.807) is 11.4 Å². The molecule has 1 N–H and O–H groups in total. The number of aryl methyl sites for hydroxylation is 2. The zero-order chi connectivity index (χ0) is 14.1. The Kier molecular flexibility index (Phi) is 3.05. The zero-order valence-electron chi connectivity index (χ0n) is 11.5. The van der Waals surface area contributed by atoms with Crippen LogP contribution < -0.4 is 5.32 Å². The van der Waals surface area contributed by atoms with Gasteiger partial charge in [0.2, 0.25) is 5.89 Å². The molecule has 0 spiro atoms. The summed E-state index contributed by atoms with van der Waals surface area (Å²) in [6, 6.07) is 1.86. The highest BCUT2D eigenvalue weighted by atomic mass is 16.5. The molecule has 104 valence electrons. The van der Waals surface area contributed by atoms with Gasteiger partial charge in [0.25, 0.3) is 5.78 Å². The highest BCUT2D eigenvalue weighted by molar-refractivity contribution is 5.45. The minimum absolute atomic E-state index is 0.0540. The number of fused-ring (bicyclic) bond motifs is 1. The lowest BCUT2D eigenvalue weighted by atomic mass is 10.2. The summed E-state index contributed by atoms with van der Waals surface area (Å²) in [5.41, 5.74) is 0.868. The molecule has 1 unspecified atom stereocenters. The highest BCUT2D eigenvalue weighted by Crippen LogP contribution is 2.20. The number of rotatable bonds is 4. The third kappa shape index (κ3) is 2.20. The first-order valence-corrected chi connectivity index (χ1v) is 6.41. The zero-order valence-corrected chi connectivity index (χ0v) is 11.5. The van der Waals surface area contributed by atoms with Crippen LogP contribution in [0.15, 0.2) is 16.9 Å². The molecule has 20 heavy (non-hydrogen) atoms. The van der Waals surface area contributed by atoms with Gasteiger partial charge in [-0.2, -0.15) is 19.6 Å². The molecule has 8 heteroatoms. The summed E-state index contributed by atoms with van der Waals surface area (Å²) in [5, 5.41) is 11.5. The van der Waals surface area contributed by atoms with E-state index in [0.717, 1.165) is 17.9 Å². The first-order chi connectivity index (χ1) is 9.67. The van der Waals surface area contributed by atoms with Crippen molar-refractivity contribution < 1.29 is 4.52 Å². The molecule has 0 bridgehead atoms. The summed E-state index contributed by atoms with van der Waals surface area (Å²) in [4.78, 5) is 12.7. The average molecular weight is 273 g/mol. The molecule has 3 rings (SSSR count). The van der Waals surface area contributed by atoms with Crippen molar-refractivity contribution in [1.82, 2.24) is 29.7 Å². The fourth-order valence-electron chi connectivity index (χ4n) is 2.02. The number of hydrogen-bond acceptors (Lipinski definition) is 7. The Hall–Kier alpha value is -2.51. The van der Waals surface area contributed by atoms with Crippen molar-refractivity contribution in [3.05, 3.63) is 29.8 Å². The highest BCUT2D eigenvalue weighted by Gasteiger charge is 2.17. The van der Waals surface area contributed by atoms with Crippen molar-refractivity contribution in [2.75, 3.05) is 5.32 Å². The van der Waals surface area contributed by atoms with Crippen LogP contribution in [0, 0.1) is 13.8 Å². The van der Waals surface area contributed by atoms with E-state index in [1.807, 2.05) is 13.0 Å². The molecule has 0 aliphatic carbocycles. The Bertz CT molecular complexity index is 732. The van der Waals surface area contributed by atoms with Gasteiger partial charge in [0.1, 0.15) is 12.1 Å². The summed E-state index contributed by atoms with van der Waals surface area (Å²) < 4.78 is 6.69. The van der Waals surface area contributed by atoms with Crippen molar-refractivity contribution in [3.8, 4) is 0 Å². The molecule has 0 saturated heterocycles. The topological polar surface area (TPSA) is 94.0 Å². The third-order valence-electron chi connectivity index (χ3n) is 2.97. The van der Waals surface area contributed by atoms with Crippen molar-refractivity contribution in [2.24, 2.45) is 0 Å². The van der Waals surface area contributed by atoms with Crippen LogP contribution in [0.4, 0.5) is 5.82 Å². The second-order valence-corrected chi connectivity index (χ2v) is 4.53. The summed E-state index contributed by atoms with van der Waals surface area (Å²) in [6.45, 7) is 5.74. The minimum Gasteiger partial charge on any atom is -0.360 e. The molecule has 3 heterocycles. The number of anilines is 1. The maximum Gasteiger partial charge on any atom is 0.254 e. The van der Waals surface area contributed by atoms with Crippen molar-refractivity contribution >= 4 is 11.6 Å². The Labute approximate surface area is 115 Å². The lowest BCUT2D eigenvalue weighted by molar-refractivity contribution is 0.384. The van der Waals surface area contributed by atoms with E-state index < -0.39 is 0 Å². The van der Waals surface area contributed by atoms with Crippen molar-refractivity contribution in [1.29, 1.82) is 0 Å². The molecule has 0 aliphatic heterocycles. The van der Waals surface area contributed by atoms with Gasteiger partial charge < -0.3 is 9.84 Å². The summed E-state index contributed by atoms with van der Waals surface area (Å²) in [6.07, 6.45) is 2.29. The van der Waals surface area contributed by atoms with Crippen molar-refractivity contribution in [3.63, 3.8) is 0 Å². The Balaban J connectivity index is 1.96. The number of nitrogens with one attached hydrogen (secondary N) is 1. The molecular formula is C12H15N7O. The summed E-state index contributed by atoms with van der Waals surface area (Å²) in [7, 11) is 0. The van der Waals surface area contributed by atoms with Gasteiger partial charge in [-0.05, 0) is 13.3 Å². The van der Waals surface area contributed by atoms with Gasteiger partial charge in [0.15, 0.2) is 5.82 Å². The number of hydrogen-bond donors (Lipinski definition) is 1. The fourth-order valence-corrected chi connectivity index (χ4v) is 2.02. The van der Waals surface area contributed by atoms with E-state index in [4.69, 9.17) is 4.52 Å². The molecule has 8 nitrogen and oxygen atoms in total. The predicted octanol–water partition coefficient (Wildman–Crippen LogP) is 1.69. The van der Waals surface area contributed by atoms with E-state index in [-0.39, 0.29) is 6.04 Å². The molecule has 1 atom stereocenters. The largest absolute Gasteiger partial charge is 0.360 e. The van der Waals surface area contributed by atoms with Crippen LogP contribution in [0.2, 0.25) is 0 Å². The van der Waals surface area contributed by atoms with Crippen LogP contribution >= 0.6 is 0 Å². The lowest BCUT2D eigenvalue weighted by Gasteiger charge is -2.15. The van der Waals surface area contributed by atoms with Crippen LogP contribution in [-0.4, -0.2) is 29.7 Å². The quantitative estimate of drug-likeness (QED) is 0.772. The molecule has 0 saturated carbocycles. The van der Waals surface area contributed by atoms with Crippen LogP contribution in [-0.2, 0) is 0 Å². The molecule has 3 aromatic rings. The molecule has 0 radical (unpaired) electrons. The molecule has 0 fully saturated rings.